The van der Waals surface area contributed by atoms with E-state index in [9.17, 15) is 5.11 Å². The SMILES string of the molecule is CCc1ccc(CC(O)c2cc(Cl)cc(Cl)c2)cc1. The van der Waals surface area contributed by atoms with Gasteiger partial charge in [-0.25, -0.2) is 0 Å². The van der Waals surface area contributed by atoms with Gasteiger partial charge in [-0.05, 0) is 41.3 Å². The van der Waals surface area contributed by atoms with Gasteiger partial charge in [0.1, 0.15) is 0 Å². The van der Waals surface area contributed by atoms with Gasteiger partial charge in [0.05, 0.1) is 6.10 Å². The zero-order valence-corrected chi connectivity index (χ0v) is 12.2. The average Bonchev–Trinajstić information content (AvgIpc) is 2.38. The summed E-state index contributed by atoms with van der Waals surface area (Å²) in [5.41, 5.74) is 3.14. The zero-order chi connectivity index (χ0) is 13.8. The molecule has 100 valence electrons. The lowest BCUT2D eigenvalue weighted by Crippen LogP contribution is -2.02. The lowest BCUT2D eigenvalue weighted by Gasteiger charge is -2.12. The number of hydrogen-bond donors (Lipinski definition) is 1. The Hall–Kier alpha value is -1.02. The van der Waals surface area contributed by atoms with E-state index < -0.39 is 6.10 Å². The third kappa shape index (κ3) is 3.97. The van der Waals surface area contributed by atoms with E-state index in [2.05, 4.69) is 19.1 Å². The number of hydrogen-bond acceptors (Lipinski definition) is 1. The molecule has 0 heterocycles. The van der Waals surface area contributed by atoms with Crippen LogP contribution in [0, 0.1) is 0 Å². The fourth-order valence-electron chi connectivity index (χ4n) is 2.02. The quantitative estimate of drug-likeness (QED) is 0.856. The summed E-state index contributed by atoms with van der Waals surface area (Å²) in [6.45, 7) is 2.12. The van der Waals surface area contributed by atoms with E-state index in [1.807, 2.05) is 12.1 Å². The van der Waals surface area contributed by atoms with Gasteiger partial charge in [0.15, 0.2) is 0 Å². The molecular formula is C16H16Cl2O. The molecule has 0 fully saturated rings. The summed E-state index contributed by atoms with van der Waals surface area (Å²) in [6.07, 6.45) is 0.983. The number of aliphatic hydroxyl groups is 1. The van der Waals surface area contributed by atoms with Gasteiger partial charge in [-0.3, -0.25) is 0 Å². The fourth-order valence-corrected chi connectivity index (χ4v) is 2.56. The molecule has 3 heteroatoms. The van der Waals surface area contributed by atoms with Crippen LogP contribution in [0.4, 0.5) is 0 Å². The molecule has 0 aliphatic heterocycles. The molecule has 0 amide bonds. The largest absolute Gasteiger partial charge is 0.388 e. The molecule has 0 spiro atoms. The van der Waals surface area contributed by atoms with E-state index >= 15 is 0 Å². The minimum atomic E-state index is -0.594. The highest BCUT2D eigenvalue weighted by Crippen LogP contribution is 2.25. The lowest BCUT2D eigenvalue weighted by molar-refractivity contribution is 0.178. The van der Waals surface area contributed by atoms with Crippen LogP contribution in [-0.2, 0) is 12.8 Å². The second-order valence-corrected chi connectivity index (χ2v) is 5.47. The van der Waals surface area contributed by atoms with Gasteiger partial charge in [0, 0.05) is 16.5 Å². The minimum absolute atomic E-state index is 0.544. The van der Waals surface area contributed by atoms with Gasteiger partial charge in [-0.15, -0.1) is 0 Å². The minimum Gasteiger partial charge on any atom is -0.388 e. The molecule has 0 saturated heterocycles. The molecular weight excluding hydrogens is 279 g/mol. The first-order valence-electron chi connectivity index (χ1n) is 6.30. The van der Waals surface area contributed by atoms with Crippen molar-refractivity contribution in [2.45, 2.75) is 25.9 Å². The van der Waals surface area contributed by atoms with Gasteiger partial charge in [0.2, 0.25) is 0 Å². The first-order valence-corrected chi connectivity index (χ1v) is 7.06. The molecule has 19 heavy (non-hydrogen) atoms. The molecule has 2 aromatic carbocycles. The summed E-state index contributed by atoms with van der Waals surface area (Å²) in [5, 5.41) is 11.3. The monoisotopic (exact) mass is 294 g/mol. The van der Waals surface area contributed by atoms with Crippen LogP contribution in [0.5, 0.6) is 0 Å². The molecule has 0 bridgehead atoms. The highest BCUT2D eigenvalue weighted by molar-refractivity contribution is 6.34. The maximum atomic E-state index is 10.2. The zero-order valence-electron chi connectivity index (χ0n) is 10.7. The summed E-state index contributed by atoms with van der Waals surface area (Å²) >= 11 is 11.9. The van der Waals surface area contributed by atoms with E-state index in [4.69, 9.17) is 23.2 Å². The number of aryl methyl sites for hydroxylation is 1. The van der Waals surface area contributed by atoms with Crippen molar-refractivity contribution in [1.82, 2.24) is 0 Å². The first-order chi connectivity index (χ1) is 9.08. The Morgan fingerprint density at radius 3 is 2.00 bits per heavy atom. The molecule has 1 N–H and O–H groups in total. The van der Waals surface area contributed by atoms with Crippen LogP contribution in [0.1, 0.15) is 29.7 Å². The van der Waals surface area contributed by atoms with Crippen LogP contribution >= 0.6 is 23.2 Å². The molecule has 1 unspecified atom stereocenters. The molecule has 2 aromatic rings. The Bertz CT molecular complexity index is 529. The highest BCUT2D eigenvalue weighted by atomic mass is 35.5. The van der Waals surface area contributed by atoms with E-state index in [1.54, 1.807) is 18.2 Å². The van der Waals surface area contributed by atoms with Crippen molar-refractivity contribution in [3.63, 3.8) is 0 Å². The van der Waals surface area contributed by atoms with Gasteiger partial charge in [0.25, 0.3) is 0 Å². The number of benzene rings is 2. The normalized spacial score (nSPS) is 12.4. The lowest BCUT2D eigenvalue weighted by atomic mass is 10.00. The van der Waals surface area contributed by atoms with Crippen molar-refractivity contribution < 1.29 is 5.11 Å². The van der Waals surface area contributed by atoms with Crippen molar-refractivity contribution in [3.8, 4) is 0 Å². The van der Waals surface area contributed by atoms with E-state index in [1.165, 1.54) is 5.56 Å². The maximum absolute atomic E-state index is 10.2. The smallest absolute Gasteiger partial charge is 0.0831 e. The summed E-state index contributed by atoms with van der Waals surface area (Å²) in [6, 6.07) is 13.4. The predicted octanol–water partition coefficient (Wildman–Crippen LogP) is 4.83. The average molecular weight is 295 g/mol. The van der Waals surface area contributed by atoms with E-state index in [0.29, 0.717) is 16.5 Å². The molecule has 0 aromatic heterocycles. The summed E-state index contributed by atoms with van der Waals surface area (Å²) in [5.74, 6) is 0. The maximum Gasteiger partial charge on any atom is 0.0831 e. The van der Waals surface area contributed by atoms with Crippen LogP contribution in [0.3, 0.4) is 0 Å². The van der Waals surface area contributed by atoms with Crippen molar-refractivity contribution >= 4 is 23.2 Å². The van der Waals surface area contributed by atoms with Crippen LogP contribution in [-0.4, -0.2) is 5.11 Å². The Morgan fingerprint density at radius 2 is 1.47 bits per heavy atom. The molecule has 1 nitrogen and oxygen atoms in total. The molecule has 0 radical (unpaired) electrons. The second kappa shape index (κ2) is 6.42. The van der Waals surface area contributed by atoms with Crippen molar-refractivity contribution in [2.24, 2.45) is 0 Å². The van der Waals surface area contributed by atoms with Crippen LogP contribution in [0.25, 0.3) is 0 Å². The fraction of sp³-hybridized carbons (Fsp3) is 0.250. The number of rotatable bonds is 4. The third-order valence-corrected chi connectivity index (χ3v) is 3.57. The van der Waals surface area contributed by atoms with E-state index in [0.717, 1.165) is 17.5 Å². The summed E-state index contributed by atoms with van der Waals surface area (Å²) < 4.78 is 0. The van der Waals surface area contributed by atoms with Gasteiger partial charge >= 0.3 is 0 Å². The highest BCUT2D eigenvalue weighted by Gasteiger charge is 2.10. The third-order valence-electron chi connectivity index (χ3n) is 3.13. The Labute approximate surface area is 123 Å². The van der Waals surface area contributed by atoms with Crippen molar-refractivity contribution in [3.05, 3.63) is 69.2 Å². The molecule has 0 saturated carbocycles. The Balaban J connectivity index is 2.13. The van der Waals surface area contributed by atoms with Gasteiger partial charge in [-0.2, -0.15) is 0 Å². The molecule has 0 aliphatic carbocycles. The summed E-state index contributed by atoms with van der Waals surface area (Å²) in [7, 11) is 0. The predicted molar refractivity (Wildman–Crippen MR) is 80.9 cm³/mol. The second-order valence-electron chi connectivity index (χ2n) is 4.59. The Kier molecular flexibility index (Phi) is 4.87. The molecule has 0 aliphatic rings. The van der Waals surface area contributed by atoms with Crippen molar-refractivity contribution in [2.75, 3.05) is 0 Å². The van der Waals surface area contributed by atoms with Crippen LogP contribution in [0.2, 0.25) is 10.0 Å². The van der Waals surface area contributed by atoms with Crippen LogP contribution < -0.4 is 0 Å². The Morgan fingerprint density at radius 1 is 0.947 bits per heavy atom. The standard InChI is InChI=1S/C16H16Cl2O/c1-2-11-3-5-12(6-4-11)7-16(19)13-8-14(17)10-15(18)9-13/h3-6,8-10,16,19H,2,7H2,1H3. The molecule has 1 atom stereocenters. The summed E-state index contributed by atoms with van der Waals surface area (Å²) in [4.78, 5) is 0. The van der Waals surface area contributed by atoms with E-state index in [-0.39, 0.29) is 0 Å². The molecule has 2 rings (SSSR count). The number of halogens is 2. The number of aliphatic hydroxyl groups excluding tert-OH is 1. The topological polar surface area (TPSA) is 20.2 Å². The van der Waals surface area contributed by atoms with Gasteiger partial charge < -0.3 is 5.11 Å². The van der Waals surface area contributed by atoms with Gasteiger partial charge in [-0.1, -0.05) is 54.4 Å². The van der Waals surface area contributed by atoms with Crippen LogP contribution in [0.15, 0.2) is 42.5 Å². The van der Waals surface area contributed by atoms with Crippen molar-refractivity contribution in [1.29, 1.82) is 0 Å². The first kappa shape index (κ1) is 14.4.